The zero-order valence-electron chi connectivity index (χ0n) is 9.15. The summed E-state index contributed by atoms with van der Waals surface area (Å²) in [6.45, 7) is 6.28. The normalized spacial score (nSPS) is 11.7. The molecule has 0 saturated carbocycles. The molecule has 0 spiro atoms. The number of hydrogen-bond donors (Lipinski definition) is 1. The van der Waals surface area contributed by atoms with Crippen LogP contribution >= 0.6 is 0 Å². The molecular formula is C11H14N4. The van der Waals surface area contributed by atoms with Crippen molar-refractivity contribution >= 4 is 16.9 Å². The Morgan fingerprint density at radius 2 is 1.93 bits per heavy atom. The minimum Gasteiger partial charge on any atom is -0.365 e. The molecular weight excluding hydrogens is 188 g/mol. The van der Waals surface area contributed by atoms with E-state index in [0.29, 0.717) is 0 Å². The van der Waals surface area contributed by atoms with Crippen LogP contribution in [0.3, 0.4) is 0 Å². The fourth-order valence-electron chi connectivity index (χ4n) is 1.35. The monoisotopic (exact) mass is 202 g/mol. The Bertz CT molecular complexity index is 468. The largest absolute Gasteiger partial charge is 0.365 e. The van der Waals surface area contributed by atoms with Crippen molar-refractivity contribution in [2.45, 2.75) is 26.3 Å². The Morgan fingerprint density at radius 1 is 1.13 bits per heavy atom. The number of rotatable bonds is 1. The van der Waals surface area contributed by atoms with Gasteiger partial charge in [-0.3, -0.25) is 0 Å². The Hall–Kier alpha value is -1.71. The first kappa shape index (κ1) is 9.83. The summed E-state index contributed by atoms with van der Waals surface area (Å²) in [5.41, 5.74) is 0.705. The Morgan fingerprint density at radius 3 is 2.67 bits per heavy atom. The first-order chi connectivity index (χ1) is 7.06. The molecule has 4 nitrogen and oxygen atoms in total. The zero-order valence-corrected chi connectivity index (χ0v) is 9.15. The molecule has 0 aliphatic rings. The van der Waals surface area contributed by atoms with Gasteiger partial charge in [0.25, 0.3) is 0 Å². The lowest BCUT2D eigenvalue weighted by molar-refractivity contribution is 0.631. The highest BCUT2D eigenvalue weighted by atomic mass is 15.1. The molecule has 2 aromatic rings. The topological polar surface area (TPSA) is 50.7 Å². The zero-order chi connectivity index (χ0) is 10.9. The second-order valence-corrected chi connectivity index (χ2v) is 4.47. The lowest BCUT2D eigenvalue weighted by Gasteiger charge is -2.21. The van der Waals surface area contributed by atoms with Gasteiger partial charge in [0.15, 0.2) is 5.65 Å². The molecule has 2 rings (SSSR count). The number of fused-ring (bicyclic) bond motifs is 1. The predicted octanol–water partition coefficient (Wildman–Crippen LogP) is 2.24. The van der Waals surface area contributed by atoms with E-state index in [9.17, 15) is 0 Å². The van der Waals surface area contributed by atoms with Gasteiger partial charge in [0, 0.05) is 11.7 Å². The van der Waals surface area contributed by atoms with Crippen LogP contribution in [0.4, 0.5) is 5.82 Å². The number of nitrogens with zero attached hydrogens (tertiary/aromatic N) is 3. The fraction of sp³-hybridized carbons (Fsp3) is 0.364. The lowest BCUT2D eigenvalue weighted by atomic mass is 10.1. The molecule has 2 heterocycles. The van der Waals surface area contributed by atoms with Crippen LogP contribution in [-0.4, -0.2) is 20.5 Å². The minimum atomic E-state index is -0.0167. The quantitative estimate of drug-likeness (QED) is 0.770. The molecule has 2 aromatic heterocycles. The van der Waals surface area contributed by atoms with E-state index in [1.54, 1.807) is 6.20 Å². The number of aromatic nitrogens is 3. The molecule has 0 aliphatic heterocycles. The Labute approximate surface area is 88.8 Å². The van der Waals surface area contributed by atoms with Gasteiger partial charge < -0.3 is 5.32 Å². The lowest BCUT2D eigenvalue weighted by Crippen LogP contribution is -2.26. The molecule has 0 amide bonds. The number of pyridine rings is 1. The van der Waals surface area contributed by atoms with E-state index in [-0.39, 0.29) is 5.54 Å². The summed E-state index contributed by atoms with van der Waals surface area (Å²) >= 11 is 0. The molecule has 78 valence electrons. The van der Waals surface area contributed by atoms with Crippen molar-refractivity contribution in [1.29, 1.82) is 0 Å². The van der Waals surface area contributed by atoms with Gasteiger partial charge in [-0.15, -0.1) is 0 Å². The second kappa shape index (κ2) is 3.46. The van der Waals surface area contributed by atoms with E-state index in [1.807, 2.05) is 12.1 Å². The number of hydrogen-bond acceptors (Lipinski definition) is 4. The van der Waals surface area contributed by atoms with Gasteiger partial charge >= 0.3 is 0 Å². The van der Waals surface area contributed by atoms with Crippen molar-refractivity contribution in [1.82, 2.24) is 15.0 Å². The van der Waals surface area contributed by atoms with E-state index in [2.05, 4.69) is 41.0 Å². The van der Waals surface area contributed by atoms with Crippen LogP contribution in [0.25, 0.3) is 11.0 Å². The number of anilines is 1. The Balaban J connectivity index is 2.52. The summed E-state index contributed by atoms with van der Waals surface area (Å²) < 4.78 is 0. The average molecular weight is 202 g/mol. The summed E-state index contributed by atoms with van der Waals surface area (Å²) in [6.07, 6.45) is 3.26. The summed E-state index contributed by atoms with van der Waals surface area (Å²) in [5.74, 6) is 0.834. The summed E-state index contributed by atoms with van der Waals surface area (Å²) in [6, 6.07) is 3.86. The number of nitrogens with one attached hydrogen (secondary N) is 1. The maximum atomic E-state index is 4.23. The van der Waals surface area contributed by atoms with Crippen LogP contribution < -0.4 is 5.32 Å². The molecule has 1 N–H and O–H groups in total. The van der Waals surface area contributed by atoms with Gasteiger partial charge in [0.1, 0.15) is 12.1 Å². The van der Waals surface area contributed by atoms with Crippen molar-refractivity contribution in [3.8, 4) is 0 Å². The molecule has 0 unspecified atom stereocenters. The van der Waals surface area contributed by atoms with Gasteiger partial charge in [0.2, 0.25) is 0 Å². The van der Waals surface area contributed by atoms with Crippen molar-refractivity contribution < 1.29 is 0 Å². The van der Waals surface area contributed by atoms with E-state index in [4.69, 9.17) is 0 Å². The third-order valence-corrected chi connectivity index (χ3v) is 1.90. The summed E-state index contributed by atoms with van der Waals surface area (Å²) in [4.78, 5) is 12.5. The first-order valence-corrected chi connectivity index (χ1v) is 4.90. The van der Waals surface area contributed by atoms with Crippen LogP contribution in [0.2, 0.25) is 0 Å². The molecule has 0 saturated heterocycles. The molecule has 4 heteroatoms. The van der Waals surface area contributed by atoms with Gasteiger partial charge in [-0.25, -0.2) is 15.0 Å². The molecule has 0 bridgehead atoms. The van der Waals surface area contributed by atoms with Crippen LogP contribution in [0.15, 0.2) is 24.7 Å². The summed E-state index contributed by atoms with van der Waals surface area (Å²) in [7, 11) is 0. The highest BCUT2D eigenvalue weighted by Gasteiger charge is 2.12. The molecule has 0 aromatic carbocycles. The predicted molar refractivity (Wildman–Crippen MR) is 60.7 cm³/mol. The van der Waals surface area contributed by atoms with Crippen LogP contribution in [0.5, 0.6) is 0 Å². The van der Waals surface area contributed by atoms with E-state index in [0.717, 1.165) is 16.9 Å². The average Bonchev–Trinajstić information content (AvgIpc) is 2.16. The minimum absolute atomic E-state index is 0.0167. The smallest absolute Gasteiger partial charge is 0.164 e. The van der Waals surface area contributed by atoms with Crippen molar-refractivity contribution in [3.05, 3.63) is 24.7 Å². The fourth-order valence-corrected chi connectivity index (χ4v) is 1.35. The standard InChI is InChI=1S/C11H14N4/c1-11(2,3)15-10-8-5-4-6-12-9(8)13-7-14-10/h4-7H,1-3H3,(H,12,13,14,15). The molecule has 0 radical (unpaired) electrons. The molecule has 15 heavy (non-hydrogen) atoms. The second-order valence-electron chi connectivity index (χ2n) is 4.47. The van der Waals surface area contributed by atoms with Crippen molar-refractivity contribution in [2.24, 2.45) is 0 Å². The van der Waals surface area contributed by atoms with Gasteiger partial charge in [-0.1, -0.05) is 0 Å². The highest BCUT2D eigenvalue weighted by Crippen LogP contribution is 2.19. The summed E-state index contributed by atoms with van der Waals surface area (Å²) in [5, 5.41) is 4.29. The van der Waals surface area contributed by atoms with E-state index >= 15 is 0 Å². The van der Waals surface area contributed by atoms with Crippen molar-refractivity contribution in [3.63, 3.8) is 0 Å². The molecule has 0 atom stereocenters. The maximum absolute atomic E-state index is 4.23. The van der Waals surface area contributed by atoms with Crippen LogP contribution in [0.1, 0.15) is 20.8 Å². The van der Waals surface area contributed by atoms with Crippen molar-refractivity contribution in [2.75, 3.05) is 5.32 Å². The van der Waals surface area contributed by atoms with Crippen LogP contribution in [0, 0.1) is 0 Å². The van der Waals surface area contributed by atoms with Gasteiger partial charge in [0.05, 0.1) is 5.39 Å². The van der Waals surface area contributed by atoms with E-state index in [1.165, 1.54) is 6.33 Å². The SMILES string of the molecule is CC(C)(C)Nc1ncnc2ncccc12. The van der Waals surface area contributed by atoms with E-state index < -0.39 is 0 Å². The maximum Gasteiger partial charge on any atom is 0.164 e. The molecule has 0 fully saturated rings. The van der Waals surface area contributed by atoms with Gasteiger partial charge in [-0.05, 0) is 32.9 Å². The first-order valence-electron chi connectivity index (χ1n) is 4.90. The van der Waals surface area contributed by atoms with Crippen LogP contribution in [-0.2, 0) is 0 Å². The highest BCUT2D eigenvalue weighted by molar-refractivity contribution is 5.86. The third-order valence-electron chi connectivity index (χ3n) is 1.90. The third kappa shape index (κ3) is 2.21. The molecule has 0 aliphatic carbocycles. The van der Waals surface area contributed by atoms with Gasteiger partial charge in [-0.2, -0.15) is 0 Å². The Kier molecular flexibility index (Phi) is 2.26.